The summed E-state index contributed by atoms with van der Waals surface area (Å²) < 4.78 is 26.2. The Kier molecular flexibility index (Phi) is 5.95. The highest BCUT2D eigenvalue weighted by atomic mass is 32.2. The number of rotatable bonds is 8. The van der Waals surface area contributed by atoms with Crippen LogP contribution >= 0.6 is 0 Å². The first kappa shape index (κ1) is 20.5. The highest BCUT2D eigenvalue weighted by Gasteiger charge is 2.31. The van der Waals surface area contributed by atoms with Gasteiger partial charge in [0.05, 0.1) is 5.75 Å². The van der Waals surface area contributed by atoms with E-state index >= 15 is 0 Å². The van der Waals surface area contributed by atoms with E-state index in [1.165, 1.54) is 11.0 Å². The van der Waals surface area contributed by atoms with Gasteiger partial charge in [-0.05, 0) is 23.8 Å². The van der Waals surface area contributed by atoms with E-state index in [9.17, 15) is 18.0 Å². The third-order valence-electron chi connectivity index (χ3n) is 4.38. The van der Waals surface area contributed by atoms with Gasteiger partial charge in [0.2, 0.25) is 15.9 Å². The molecule has 0 fully saturated rings. The molecule has 2 N–H and O–H groups in total. The zero-order valence-electron chi connectivity index (χ0n) is 15.7. The zero-order valence-corrected chi connectivity index (χ0v) is 16.5. The Morgan fingerprint density at radius 1 is 1.07 bits per heavy atom. The standard InChI is InChI=1S/C21H21N3O4S/c1-3-12-22-29(27,28)14-16-8-10-17(11-9-16)23-20(25)13-24-15(2)18-6-4-5-7-19(18)21(24)26/h3-11,22H,1-2,12-14H2,(H,23,25). The molecule has 0 aromatic heterocycles. The van der Waals surface area contributed by atoms with Crippen LogP contribution in [0.25, 0.3) is 5.70 Å². The Bertz CT molecular complexity index is 1040. The van der Waals surface area contributed by atoms with Gasteiger partial charge in [0.25, 0.3) is 5.91 Å². The summed E-state index contributed by atoms with van der Waals surface area (Å²) in [6.45, 7) is 7.39. The van der Waals surface area contributed by atoms with Crippen molar-refractivity contribution in [1.82, 2.24) is 9.62 Å². The zero-order chi connectivity index (χ0) is 21.0. The summed E-state index contributed by atoms with van der Waals surface area (Å²) in [5, 5.41) is 2.71. The first-order valence-electron chi connectivity index (χ1n) is 8.88. The van der Waals surface area contributed by atoms with Gasteiger partial charge in [-0.3, -0.25) is 14.5 Å². The van der Waals surface area contributed by atoms with Crippen LogP contribution in [0.1, 0.15) is 21.5 Å². The second-order valence-corrected chi connectivity index (χ2v) is 8.33. The minimum absolute atomic E-state index is 0.159. The van der Waals surface area contributed by atoms with Gasteiger partial charge >= 0.3 is 0 Å². The van der Waals surface area contributed by atoms with Crippen LogP contribution in [-0.2, 0) is 20.6 Å². The van der Waals surface area contributed by atoms with Crippen LogP contribution in [0.4, 0.5) is 5.69 Å². The van der Waals surface area contributed by atoms with Crippen LogP contribution in [0.2, 0.25) is 0 Å². The SMILES string of the molecule is C=CCNS(=O)(=O)Cc1ccc(NC(=O)CN2C(=C)c3ccccc3C2=O)cc1. The van der Waals surface area contributed by atoms with Gasteiger partial charge in [0.15, 0.2) is 0 Å². The number of fused-ring (bicyclic) bond motifs is 1. The molecule has 2 aromatic rings. The van der Waals surface area contributed by atoms with E-state index in [0.717, 1.165) is 5.56 Å². The Morgan fingerprint density at radius 2 is 1.72 bits per heavy atom. The quantitative estimate of drug-likeness (QED) is 0.652. The Labute approximate surface area is 169 Å². The van der Waals surface area contributed by atoms with Crippen molar-refractivity contribution in [2.24, 2.45) is 0 Å². The van der Waals surface area contributed by atoms with Crippen LogP contribution in [0.3, 0.4) is 0 Å². The molecule has 0 unspecified atom stereocenters. The number of amides is 2. The first-order valence-corrected chi connectivity index (χ1v) is 10.5. The molecule has 7 nitrogen and oxygen atoms in total. The van der Waals surface area contributed by atoms with Crippen molar-refractivity contribution in [3.63, 3.8) is 0 Å². The average Bonchev–Trinajstić information content (AvgIpc) is 2.93. The molecule has 0 saturated carbocycles. The van der Waals surface area contributed by atoms with E-state index in [1.807, 2.05) is 6.07 Å². The van der Waals surface area contributed by atoms with Gasteiger partial charge < -0.3 is 5.32 Å². The molecule has 1 aliphatic heterocycles. The van der Waals surface area contributed by atoms with Crippen LogP contribution < -0.4 is 10.0 Å². The number of carbonyl (C=O) groups excluding carboxylic acids is 2. The van der Waals surface area contributed by atoms with Crippen LogP contribution in [0.5, 0.6) is 0 Å². The number of sulfonamides is 1. The van der Waals surface area contributed by atoms with Crippen molar-refractivity contribution in [1.29, 1.82) is 0 Å². The summed E-state index contributed by atoms with van der Waals surface area (Å²) in [4.78, 5) is 26.2. The fraction of sp³-hybridized carbons (Fsp3) is 0.143. The average molecular weight is 411 g/mol. The summed E-state index contributed by atoms with van der Waals surface area (Å²) >= 11 is 0. The molecular formula is C21H21N3O4S. The highest BCUT2D eigenvalue weighted by molar-refractivity contribution is 7.88. The lowest BCUT2D eigenvalue weighted by atomic mass is 10.1. The molecule has 0 saturated heterocycles. The minimum atomic E-state index is -3.45. The smallest absolute Gasteiger partial charge is 0.259 e. The number of nitrogens with one attached hydrogen (secondary N) is 2. The van der Waals surface area contributed by atoms with Gasteiger partial charge in [-0.25, -0.2) is 13.1 Å². The Hall–Kier alpha value is -3.23. The summed E-state index contributed by atoms with van der Waals surface area (Å²) in [6, 6.07) is 13.6. The van der Waals surface area contributed by atoms with Crippen LogP contribution in [-0.4, -0.2) is 38.2 Å². The summed E-state index contributed by atoms with van der Waals surface area (Å²) in [5.74, 6) is -0.802. The lowest BCUT2D eigenvalue weighted by Gasteiger charge is -2.17. The molecule has 2 amide bonds. The van der Waals surface area contributed by atoms with Gasteiger partial charge in [-0.2, -0.15) is 0 Å². The maximum Gasteiger partial charge on any atom is 0.259 e. The van der Waals surface area contributed by atoms with Crippen molar-refractivity contribution >= 4 is 33.2 Å². The molecular weight excluding hydrogens is 390 g/mol. The second-order valence-electron chi connectivity index (χ2n) is 6.52. The lowest BCUT2D eigenvalue weighted by molar-refractivity contribution is -0.116. The van der Waals surface area contributed by atoms with Crippen LogP contribution in [0, 0.1) is 0 Å². The van der Waals surface area contributed by atoms with E-state index in [4.69, 9.17) is 0 Å². The molecule has 29 heavy (non-hydrogen) atoms. The Morgan fingerprint density at radius 3 is 2.34 bits per heavy atom. The maximum atomic E-state index is 12.5. The van der Waals surface area contributed by atoms with Crippen molar-refractivity contribution in [3.05, 3.63) is 84.5 Å². The predicted octanol–water partition coefficient (Wildman–Crippen LogP) is 2.36. The first-order chi connectivity index (χ1) is 13.8. The maximum absolute atomic E-state index is 12.5. The number of nitrogens with zero attached hydrogens (tertiary/aromatic N) is 1. The molecule has 0 bridgehead atoms. The van der Waals surface area contributed by atoms with Gasteiger partial charge in [-0.1, -0.05) is 43.0 Å². The number of hydrogen-bond donors (Lipinski definition) is 2. The summed E-state index contributed by atoms with van der Waals surface area (Å²) in [6.07, 6.45) is 1.47. The van der Waals surface area contributed by atoms with Crippen molar-refractivity contribution in [3.8, 4) is 0 Å². The molecule has 8 heteroatoms. The summed E-state index contributed by atoms with van der Waals surface area (Å²) in [7, 11) is -3.45. The monoisotopic (exact) mass is 411 g/mol. The van der Waals surface area contributed by atoms with Crippen molar-refractivity contribution < 1.29 is 18.0 Å². The third-order valence-corrected chi connectivity index (χ3v) is 5.70. The summed E-state index contributed by atoms with van der Waals surface area (Å²) in [5.41, 5.74) is 2.83. The predicted molar refractivity (Wildman–Crippen MR) is 112 cm³/mol. The number of carbonyl (C=O) groups is 2. The van der Waals surface area contributed by atoms with E-state index < -0.39 is 10.0 Å². The second kappa shape index (κ2) is 8.42. The minimum Gasteiger partial charge on any atom is -0.325 e. The third kappa shape index (κ3) is 4.79. The fourth-order valence-electron chi connectivity index (χ4n) is 2.99. The molecule has 0 aliphatic carbocycles. The number of hydrogen-bond acceptors (Lipinski definition) is 4. The van der Waals surface area contributed by atoms with Gasteiger partial charge in [0.1, 0.15) is 6.54 Å². The van der Waals surface area contributed by atoms with Gasteiger partial charge in [-0.15, -0.1) is 6.58 Å². The molecule has 0 radical (unpaired) electrons. The largest absolute Gasteiger partial charge is 0.325 e. The number of benzene rings is 2. The fourth-order valence-corrected chi connectivity index (χ4v) is 4.09. The molecule has 0 atom stereocenters. The number of anilines is 1. The molecule has 150 valence electrons. The Balaban J connectivity index is 1.60. The topological polar surface area (TPSA) is 95.6 Å². The molecule has 1 aliphatic rings. The lowest BCUT2D eigenvalue weighted by Crippen LogP contribution is -2.32. The molecule has 2 aromatic carbocycles. The van der Waals surface area contributed by atoms with E-state index in [0.29, 0.717) is 22.5 Å². The van der Waals surface area contributed by atoms with E-state index in [2.05, 4.69) is 23.2 Å². The molecule has 1 heterocycles. The normalized spacial score (nSPS) is 13.3. The van der Waals surface area contributed by atoms with E-state index in [1.54, 1.807) is 42.5 Å². The van der Waals surface area contributed by atoms with Gasteiger partial charge in [0, 0.05) is 29.1 Å². The van der Waals surface area contributed by atoms with Crippen LogP contribution in [0.15, 0.2) is 67.8 Å². The van der Waals surface area contributed by atoms with Crippen molar-refractivity contribution in [2.45, 2.75) is 5.75 Å². The highest BCUT2D eigenvalue weighted by Crippen LogP contribution is 2.30. The van der Waals surface area contributed by atoms with E-state index in [-0.39, 0.29) is 30.7 Å². The molecule has 0 spiro atoms. The van der Waals surface area contributed by atoms with Crippen molar-refractivity contribution in [2.75, 3.05) is 18.4 Å². The molecule has 3 rings (SSSR count).